The summed E-state index contributed by atoms with van der Waals surface area (Å²) in [5, 5.41) is 9.80. The average molecular weight is 315 g/mol. The van der Waals surface area contributed by atoms with Gasteiger partial charge in [0.05, 0.1) is 10.4 Å². The number of nitrogens with zero attached hydrogens (tertiary/aromatic N) is 2. The molecule has 0 bridgehead atoms. The van der Waals surface area contributed by atoms with Crippen molar-refractivity contribution in [2.24, 2.45) is 0 Å². The zero-order chi connectivity index (χ0) is 15.5. The molecule has 2 heterocycles. The molecule has 3 rings (SSSR count). The predicted octanol–water partition coefficient (Wildman–Crippen LogP) is 3.30. The van der Waals surface area contributed by atoms with Crippen molar-refractivity contribution in [3.8, 4) is 10.8 Å². The number of hydrogen-bond donors (Lipinski definition) is 1. The zero-order valence-corrected chi connectivity index (χ0v) is 12.5. The maximum absolute atomic E-state index is 12.0. The molecule has 0 aliphatic carbocycles. The minimum atomic E-state index is -0.633. The van der Waals surface area contributed by atoms with Crippen LogP contribution in [0.4, 0.5) is 5.69 Å². The quantitative estimate of drug-likeness (QED) is 0.586. The molecule has 0 spiro atoms. The van der Waals surface area contributed by atoms with Crippen molar-refractivity contribution in [1.29, 1.82) is 0 Å². The van der Waals surface area contributed by atoms with E-state index in [1.54, 1.807) is 31.2 Å². The van der Waals surface area contributed by atoms with Crippen LogP contribution in [0.2, 0.25) is 0 Å². The van der Waals surface area contributed by atoms with Gasteiger partial charge in [0.25, 0.3) is 11.8 Å². The number of benzene rings is 1. The van der Waals surface area contributed by atoms with E-state index in [4.69, 9.17) is 14.9 Å². The summed E-state index contributed by atoms with van der Waals surface area (Å²) in [6.45, 7) is 1.68. The number of carbonyl (C=O) groups is 1. The Kier molecular flexibility index (Phi) is 3.88. The molecule has 0 amide bonds. The Morgan fingerprint density at radius 3 is 2.73 bits per heavy atom. The van der Waals surface area contributed by atoms with Crippen molar-refractivity contribution in [3.05, 3.63) is 53.2 Å². The number of nitrogens with two attached hydrogens (primary N) is 1. The number of nitrogen functional groups attached to an aromatic ring is 1. The highest BCUT2D eigenvalue weighted by Gasteiger charge is 2.20. The molecule has 2 N–H and O–H groups in total. The fourth-order valence-corrected chi connectivity index (χ4v) is 2.44. The lowest BCUT2D eigenvalue weighted by atomic mass is 10.2. The normalized spacial score (nSPS) is 12.0. The Morgan fingerprint density at radius 1 is 1.27 bits per heavy atom. The van der Waals surface area contributed by atoms with Crippen molar-refractivity contribution in [2.45, 2.75) is 13.0 Å². The first-order valence-electron chi connectivity index (χ1n) is 6.57. The Hall–Kier alpha value is -2.67. The van der Waals surface area contributed by atoms with E-state index in [1.807, 2.05) is 17.5 Å². The van der Waals surface area contributed by atoms with Gasteiger partial charge in [0.15, 0.2) is 6.10 Å². The number of aromatic nitrogens is 2. The Morgan fingerprint density at radius 2 is 2.05 bits per heavy atom. The van der Waals surface area contributed by atoms with Crippen LogP contribution in [-0.2, 0) is 4.74 Å². The van der Waals surface area contributed by atoms with Crippen molar-refractivity contribution < 1.29 is 13.9 Å². The van der Waals surface area contributed by atoms with Crippen LogP contribution >= 0.6 is 11.3 Å². The molecule has 0 radical (unpaired) electrons. The molecule has 0 unspecified atom stereocenters. The maximum atomic E-state index is 12.0. The summed E-state index contributed by atoms with van der Waals surface area (Å²) >= 11 is 1.50. The van der Waals surface area contributed by atoms with Crippen LogP contribution in [0.15, 0.2) is 46.2 Å². The molecule has 0 saturated heterocycles. The van der Waals surface area contributed by atoms with Crippen LogP contribution in [0, 0.1) is 0 Å². The number of rotatable bonds is 4. The molecule has 0 saturated carbocycles. The largest absolute Gasteiger partial charge is 0.449 e. The summed E-state index contributed by atoms with van der Waals surface area (Å²) in [7, 11) is 0. The Balaban J connectivity index is 1.70. The highest BCUT2D eigenvalue weighted by molar-refractivity contribution is 7.13. The Labute approximate surface area is 130 Å². The lowest BCUT2D eigenvalue weighted by Gasteiger charge is -2.09. The van der Waals surface area contributed by atoms with E-state index in [0.29, 0.717) is 17.1 Å². The van der Waals surface area contributed by atoms with Crippen molar-refractivity contribution in [3.63, 3.8) is 0 Å². The van der Waals surface area contributed by atoms with Crippen LogP contribution in [-0.4, -0.2) is 16.2 Å². The second-order valence-electron chi connectivity index (χ2n) is 4.59. The first-order chi connectivity index (χ1) is 10.6. The number of ether oxygens (including phenoxy) is 1. The summed E-state index contributed by atoms with van der Waals surface area (Å²) in [4.78, 5) is 12.9. The number of anilines is 1. The van der Waals surface area contributed by atoms with E-state index in [0.717, 1.165) is 4.88 Å². The van der Waals surface area contributed by atoms with E-state index in [1.165, 1.54) is 11.3 Å². The van der Waals surface area contributed by atoms with E-state index in [9.17, 15) is 4.79 Å². The number of esters is 1. The van der Waals surface area contributed by atoms with Gasteiger partial charge in [-0.1, -0.05) is 6.07 Å². The van der Waals surface area contributed by atoms with Gasteiger partial charge in [-0.3, -0.25) is 0 Å². The minimum Gasteiger partial charge on any atom is -0.449 e. The molecule has 1 atom stereocenters. The first-order valence-corrected chi connectivity index (χ1v) is 7.45. The summed E-state index contributed by atoms with van der Waals surface area (Å²) in [6.07, 6.45) is -0.633. The second-order valence-corrected chi connectivity index (χ2v) is 5.54. The third-order valence-electron chi connectivity index (χ3n) is 2.95. The van der Waals surface area contributed by atoms with Crippen molar-refractivity contribution in [1.82, 2.24) is 10.2 Å². The van der Waals surface area contributed by atoms with Gasteiger partial charge >= 0.3 is 5.97 Å². The van der Waals surface area contributed by atoms with Gasteiger partial charge in [-0.25, -0.2) is 4.79 Å². The highest BCUT2D eigenvalue weighted by atomic mass is 32.1. The van der Waals surface area contributed by atoms with Crippen LogP contribution in [0.3, 0.4) is 0 Å². The van der Waals surface area contributed by atoms with Gasteiger partial charge in [-0.05, 0) is 42.6 Å². The number of carbonyl (C=O) groups excluding carboxylic acids is 1. The van der Waals surface area contributed by atoms with Gasteiger partial charge in [0.2, 0.25) is 0 Å². The van der Waals surface area contributed by atoms with E-state index >= 15 is 0 Å². The molecule has 0 fully saturated rings. The smallest absolute Gasteiger partial charge is 0.338 e. The van der Waals surface area contributed by atoms with Gasteiger partial charge in [0.1, 0.15) is 0 Å². The van der Waals surface area contributed by atoms with Gasteiger partial charge in [-0.15, -0.1) is 21.5 Å². The SMILES string of the molecule is C[C@H](OC(=O)c1ccc(N)cc1)c1nnc(-c2cccs2)o1. The van der Waals surface area contributed by atoms with Crippen LogP contribution in [0.1, 0.15) is 29.3 Å². The van der Waals surface area contributed by atoms with Crippen molar-refractivity contribution >= 4 is 23.0 Å². The lowest BCUT2D eigenvalue weighted by molar-refractivity contribution is 0.0280. The van der Waals surface area contributed by atoms with Crippen LogP contribution < -0.4 is 5.73 Å². The summed E-state index contributed by atoms with van der Waals surface area (Å²) in [6, 6.07) is 10.3. The standard InChI is InChI=1S/C15H13N3O3S/c1-9(20-15(19)10-4-6-11(16)7-5-10)13-17-18-14(21-13)12-3-2-8-22-12/h2-9H,16H2,1H3/t9-/m0/s1. The maximum Gasteiger partial charge on any atom is 0.338 e. The highest BCUT2D eigenvalue weighted by Crippen LogP contribution is 2.26. The molecule has 2 aromatic heterocycles. The fourth-order valence-electron chi connectivity index (χ4n) is 1.80. The number of thiophene rings is 1. The molecule has 6 nitrogen and oxygen atoms in total. The third kappa shape index (κ3) is 2.99. The lowest BCUT2D eigenvalue weighted by Crippen LogP contribution is -2.09. The Bertz CT molecular complexity index is 766. The van der Waals surface area contributed by atoms with E-state index in [2.05, 4.69) is 10.2 Å². The van der Waals surface area contributed by atoms with Crippen LogP contribution in [0.25, 0.3) is 10.8 Å². The molecule has 0 aliphatic rings. The first kappa shape index (κ1) is 14.3. The molecule has 7 heteroatoms. The topological polar surface area (TPSA) is 91.2 Å². The summed E-state index contributed by atoms with van der Waals surface area (Å²) in [5.41, 5.74) is 6.58. The summed E-state index contributed by atoms with van der Waals surface area (Å²) < 4.78 is 10.9. The minimum absolute atomic E-state index is 0.257. The molecular formula is C15H13N3O3S. The van der Waals surface area contributed by atoms with Gasteiger partial charge in [0, 0.05) is 5.69 Å². The average Bonchev–Trinajstić information content (AvgIpc) is 3.19. The third-order valence-corrected chi connectivity index (χ3v) is 3.81. The molecule has 1 aromatic carbocycles. The predicted molar refractivity (Wildman–Crippen MR) is 82.3 cm³/mol. The molecule has 112 valence electrons. The van der Waals surface area contributed by atoms with Gasteiger partial charge in [-0.2, -0.15) is 0 Å². The molecular weight excluding hydrogens is 302 g/mol. The van der Waals surface area contributed by atoms with Crippen LogP contribution in [0.5, 0.6) is 0 Å². The fraction of sp³-hybridized carbons (Fsp3) is 0.133. The number of hydrogen-bond acceptors (Lipinski definition) is 7. The summed E-state index contributed by atoms with van der Waals surface area (Å²) in [5.74, 6) is 0.205. The monoisotopic (exact) mass is 315 g/mol. The molecule has 0 aliphatic heterocycles. The second kappa shape index (κ2) is 5.98. The zero-order valence-electron chi connectivity index (χ0n) is 11.7. The van der Waals surface area contributed by atoms with Crippen molar-refractivity contribution in [2.75, 3.05) is 5.73 Å². The van der Waals surface area contributed by atoms with E-state index < -0.39 is 12.1 Å². The van der Waals surface area contributed by atoms with E-state index in [-0.39, 0.29) is 5.89 Å². The molecule has 22 heavy (non-hydrogen) atoms. The molecule has 3 aromatic rings. The van der Waals surface area contributed by atoms with Gasteiger partial charge < -0.3 is 14.9 Å².